The summed E-state index contributed by atoms with van der Waals surface area (Å²) in [7, 11) is 4.02. The van der Waals surface area contributed by atoms with Gasteiger partial charge in [0.05, 0.1) is 0 Å². The van der Waals surface area contributed by atoms with Crippen molar-refractivity contribution in [2.24, 2.45) is 4.99 Å². The predicted octanol–water partition coefficient (Wildman–Crippen LogP) is 4.64. The molecule has 134 valence electrons. The van der Waals surface area contributed by atoms with Crippen molar-refractivity contribution in [2.45, 2.75) is 30.3 Å². The molecule has 0 saturated carbocycles. The smallest absolute Gasteiger partial charge is 0.188 e. The molecule has 2 aromatic rings. The number of rotatable bonds is 8. The van der Waals surface area contributed by atoms with Crippen LogP contribution in [0.1, 0.15) is 31.4 Å². The van der Waals surface area contributed by atoms with E-state index in [4.69, 9.17) is 9.47 Å². The standard InChI is InChI=1S/C20H26NO2PS/c1-5-20(2,24-19-9-7-6-8-15(19)13-21-3)17-12-16(25)10-11-18(17)23-14-22-4/h6-13,24-25H,5,14H2,1-4H3/b21-13+. The lowest BCUT2D eigenvalue weighted by Gasteiger charge is -2.31. The Morgan fingerprint density at radius 1 is 1.24 bits per heavy atom. The molecule has 0 aromatic heterocycles. The highest BCUT2D eigenvalue weighted by Crippen LogP contribution is 2.48. The lowest BCUT2D eigenvalue weighted by molar-refractivity contribution is 0.0500. The largest absolute Gasteiger partial charge is 0.467 e. The van der Waals surface area contributed by atoms with Gasteiger partial charge in [-0.1, -0.05) is 46.7 Å². The molecule has 0 saturated heterocycles. The molecule has 0 N–H and O–H groups in total. The molecule has 0 heterocycles. The quantitative estimate of drug-likeness (QED) is 0.315. The summed E-state index contributed by atoms with van der Waals surface area (Å²) in [5, 5.41) is 1.25. The molecule has 2 rings (SSSR count). The number of thiol groups is 1. The first kappa shape index (κ1) is 20.0. The van der Waals surface area contributed by atoms with Crippen LogP contribution in [-0.4, -0.2) is 27.2 Å². The third-order valence-corrected chi connectivity index (χ3v) is 6.41. The van der Waals surface area contributed by atoms with Crippen molar-refractivity contribution in [3.05, 3.63) is 53.6 Å². The molecule has 0 aliphatic heterocycles. The van der Waals surface area contributed by atoms with Crippen LogP contribution in [0.25, 0.3) is 0 Å². The fourth-order valence-corrected chi connectivity index (χ4v) is 4.48. The van der Waals surface area contributed by atoms with E-state index in [1.54, 1.807) is 14.2 Å². The van der Waals surface area contributed by atoms with Gasteiger partial charge < -0.3 is 9.47 Å². The van der Waals surface area contributed by atoms with Gasteiger partial charge in [-0.15, -0.1) is 12.6 Å². The van der Waals surface area contributed by atoms with E-state index in [2.05, 4.69) is 61.8 Å². The van der Waals surface area contributed by atoms with Crippen LogP contribution >= 0.6 is 21.2 Å². The zero-order valence-electron chi connectivity index (χ0n) is 15.2. The molecule has 3 nitrogen and oxygen atoms in total. The lowest BCUT2D eigenvalue weighted by atomic mass is 9.96. The Morgan fingerprint density at radius 3 is 2.68 bits per heavy atom. The predicted molar refractivity (Wildman–Crippen MR) is 112 cm³/mol. The van der Waals surface area contributed by atoms with Gasteiger partial charge in [0.1, 0.15) is 5.75 Å². The number of methoxy groups -OCH3 is 1. The molecule has 0 spiro atoms. The summed E-state index contributed by atoms with van der Waals surface area (Å²) in [4.78, 5) is 5.13. The molecule has 2 atom stereocenters. The van der Waals surface area contributed by atoms with Crippen molar-refractivity contribution >= 4 is 32.7 Å². The molecule has 0 aliphatic rings. The van der Waals surface area contributed by atoms with Gasteiger partial charge >= 0.3 is 0 Å². The van der Waals surface area contributed by atoms with E-state index in [0.717, 1.165) is 17.1 Å². The van der Waals surface area contributed by atoms with Crippen molar-refractivity contribution in [1.82, 2.24) is 0 Å². The van der Waals surface area contributed by atoms with Gasteiger partial charge in [-0.3, -0.25) is 4.99 Å². The summed E-state index contributed by atoms with van der Waals surface area (Å²) in [5.41, 5.74) is 2.34. The molecule has 0 amide bonds. The van der Waals surface area contributed by atoms with Gasteiger partial charge in [-0.05, 0) is 35.5 Å². The zero-order valence-corrected chi connectivity index (χ0v) is 17.1. The maximum Gasteiger partial charge on any atom is 0.188 e. The van der Waals surface area contributed by atoms with Crippen LogP contribution in [0.4, 0.5) is 0 Å². The number of aliphatic imine (C=N–C) groups is 1. The van der Waals surface area contributed by atoms with Crippen LogP contribution in [-0.2, 0) is 9.89 Å². The van der Waals surface area contributed by atoms with E-state index in [1.807, 2.05) is 18.3 Å². The number of ether oxygens (including phenoxy) is 2. The topological polar surface area (TPSA) is 30.8 Å². The average Bonchev–Trinajstić information content (AvgIpc) is 2.62. The SMILES string of the molecule is CCC(C)(Pc1ccccc1/C=N/C)c1cc(S)ccc1OCOC. The third kappa shape index (κ3) is 5.07. The van der Waals surface area contributed by atoms with E-state index in [0.29, 0.717) is 8.58 Å². The Bertz CT molecular complexity index is 735. The molecule has 0 aliphatic carbocycles. The summed E-state index contributed by atoms with van der Waals surface area (Å²) in [6.07, 6.45) is 2.92. The summed E-state index contributed by atoms with van der Waals surface area (Å²) >= 11 is 4.54. The van der Waals surface area contributed by atoms with Crippen molar-refractivity contribution in [1.29, 1.82) is 0 Å². The van der Waals surface area contributed by atoms with Gasteiger partial charge in [-0.25, -0.2) is 0 Å². The molecule has 25 heavy (non-hydrogen) atoms. The number of benzene rings is 2. The molecule has 2 unspecified atom stereocenters. The Labute approximate surface area is 158 Å². The highest BCUT2D eigenvalue weighted by atomic mass is 32.1. The summed E-state index contributed by atoms with van der Waals surface area (Å²) in [6.45, 7) is 4.74. The summed E-state index contributed by atoms with van der Waals surface area (Å²) in [5.74, 6) is 0.859. The van der Waals surface area contributed by atoms with Crippen molar-refractivity contribution < 1.29 is 9.47 Å². The maximum atomic E-state index is 5.83. The first-order chi connectivity index (χ1) is 12.0. The molecule has 0 radical (unpaired) electrons. The molecule has 2 aromatic carbocycles. The second-order valence-corrected chi connectivity index (χ2v) is 8.43. The number of nitrogens with zero attached hydrogens (tertiary/aromatic N) is 1. The Balaban J connectivity index is 2.45. The van der Waals surface area contributed by atoms with Crippen LogP contribution in [0.5, 0.6) is 5.75 Å². The van der Waals surface area contributed by atoms with Crippen LogP contribution in [0.2, 0.25) is 0 Å². The van der Waals surface area contributed by atoms with E-state index in [1.165, 1.54) is 16.4 Å². The summed E-state index contributed by atoms with van der Waals surface area (Å²) < 4.78 is 10.9. The van der Waals surface area contributed by atoms with Crippen LogP contribution in [0.15, 0.2) is 52.4 Å². The van der Waals surface area contributed by atoms with E-state index < -0.39 is 0 Å². The Hall–Kier alpha value is -1.35. The Kier molecular flexibility index (Phi) is 7.49. The lowest BCUT2D eigenvalue weighted by Crippen LogP contribution is -2.21. The monoisotopic (exact) mass is 375 g/mol. The average molecular weight is 375 g/mol. The number of hydrogen-bond acceptors (Lipinski definition) is 4. The highest BCUT2D eigenvalue weighted by molar-refractivity contribution is 7.80. The van der Waals surface area contributed by atoms with Crippen LogP contribution < -0.4 is 10.0 Å². The van der Waals surface area contributed by atoms with Crippen molar-refractivity contribution in [3.63, 3.8) is 0 Å². The fraction of sp³-hybridized carbons (Fsp3) is 0.350. The molecule has 5 heteroatoms. The molecule has 0 fully saturated rings. The minimum atomic E-state index is -0.0561. The van der Waals surface area contributed by atoms with Crippen LogP contribution in [0, 0.1) is 0 Å². The third-order valence-electron chi connectivity index (χ3n) is 4.24. The minimum absolute atomic E-state index is 0.0561. The van der Waals surface area contributed by atoms with Gasteiger partial charge in [-0.2, -0.15) is 0 Å². The minimum Gasteiger partial charge on any atom is -0.467 e. The van der Waals surface area contributed by atoms with E-state index >= 15 is 0 Å². The summed E-state index contributed by atoms with van der Waals surface area (Å²) in [6, 6.07) is 14.5. The molecular formula is C20H26NO2PS. The number of hydrogen-bond donors (Lipinski definition) is 1. The van der Waals surface area contributed by atoms with Gasteiger partial charge in [0.25, 0.3) is 0 Å². The Morgan fingerprint density at radius 2 is 2.00 bits per heavy atom. The van der Waals surface area contributed by atoms with Crippen LogP contribution in [0.3, 0.4) is 0 Å². The highest BCUT2D eigenvalue weighted by Gasteiger charge is 2.29. The fourth-order valence-electron chi connectivity index (χ4n) is 2.70. The normalized spacial score (nSPS) is 14.3. The first-order valence-electron chi connectivity index (χ1n) is 8.28. The second kappa shape index (κ2) is 9.38. The zero-order chi connectivity index (χ0) is 18.3. The van der Waals surface area contributed by atoms with E-state index in [9.17, 15) is 0 Å². The first-order valence-corrected chi connectivity index (χ1v) is 9.73. The van der Waals surface area contributed by atoms with Gasteiger partial charge in [0, 0.05) is 36.0 Å². The van der Waals surface area contributed by atoms with Gasteiger partial charge in [0.2, 0.25) is 0 Å². The van der Waals surface area contributed by atoms with Gasteiger partial charge in [0.15, 0.2) is 6.79 Å². The van der Waals surface area contributed by atoms with E-state index in [-0.39, 0.29) is 11.9 Å². The second-order valence-electron chi connectivity index (χ2n) is 6.02. The molecule has 0 bridgehead atoms. The molecular weight excluding hydrogens is 349 g/mol. The maximum absolute atomic E-state index is 5.83. The van der Waals surface area contributed by atoms with Crippen molar-refractivity contribution in [2.75, 3.05) is 21.0 Å². The van der Waals surface area contributed by atoms with Crippen molar-refractivity contribution in [3.8, 4) is 5.75 Å².